The van der Waals surface area contributed by atoms with Gasteiger partial charge in [-0.1, -0.05) is 53.5 Å². The van der Waals surface area contributed by atoms with E-state index in [4.69, 9.17) is 23.2 Å². The van der Waals surface area contributed by atoms with Crippen molar-refractivity contribution in [3.63, 3.8) is 0 Å². The van der Waals surface area contributed by atoms with Crippen LogP contribution in [0.3, 0.4) is 0 Å². The van der Waals surface area contributed by atoms with E-state index in [1.165, 1.54) is 12.8 Å². The highest BCUT2D eigenvalue weighted by atomic mass is 35.5. The lowest BCUT2D eigenvalue weighted by Crippen LogP contribution is -2.53. The maximum Gasteiger partial charge on any atom is 0.335 e. The zero-order chi connectivity index (χ0) is 26.2. The number of hydrogen-bond acceptors (Lipinski definition) is 4. The van der Waals surface area contributed by atoms with Crippen molar-refractivity contribution < 1.29 is 14.7 Å². The summed E-state index contributed by atoms with van der Waals surface area (Å²) in [6.07, 6.45) is 3.10. The van der Waals surface area contributed by atoms with Crippen LogP contribution in [0.4, 0.5) is 5.69 Å². The van der Waals surface area contributed by atoms with Crippen LogP contribution < -0.4 is 10.6 Å². The van der Waals surface area contributed by atoms with E-state index in [-0.39, 0.29) is 35.5 Å². The van der Waals surface area contributed by atoms with E-state index < -0.39 is 11.5 Å². The molecule has 1 aliphatic carbocycles. The SMILES string of the molecule is O=C(O)c1cccc([C@H]2C[C@H]3[C@@H](N2)[C@H](c2cccc(Cl)c2)[C@]2(C(=O)Nc4cc(Cl)ccc42)N3CC2CC2)c1. The molecule has 3 heterocycles. The van der Waals surface area contributed by atoms with E-state index in [2.05, 4.69) is 21.6 Å². The Balaban J connectivity index is 1.39. The third-order valence-corrected chi connectivity index (χ3v) is 9.30. The molecule has 38 heavy (non-hydrogen) atoms. The normalized spacial score (nSPS) is 29.9. The lowest BCUT2D eigenvalue weighted by molar-refractivity contribution is -0.128. The molecule has 0 radical (unpaired) electrons. The maximum absolute atomic E-state index is 14.2. The number of fused-ring (bicyclic) bond motifs is 3. The molecule has 3 aliphatic heterocycles. The molecule has 3 N–H and O–H groups in total. The standard InChI is InChI=1S/C30H27Cl2N3O3/c31-20-6-2-4-18(12-20)26-27-25(14-23(33-27)17-3-1-5-19(11-17)28(36)37)35(15-16-7-8-16)30(26)22-10-9-21(32)13-24(22)34-29(30)38/h1-6,9-13,16,23,25-27,33H,7-8,14-15H2,(H,34,38)(H,36,37)/t23-,25+,26+,27-,30-/m1/s1. The van der Waals surface area contributed by atoms with Crippen LogP contribution in [0.15, 0.2) is 66.7 Å². The molecule has 0 bridgehead atoms. The molecule has 1 amide bonds. The first-order valence-electron chi connectivity index (χ1n) is 13.1. The number of likely N-dealkylation sites (tertiary alicyclic amines) is 1. The number of halogens is 2. The van der Waals surface area contributed by atoms with Gasteiger partial charge in [-0.2, -0.15) is 0 Å². The number of benzene rings is 3. The first kappa shape index (κ1) is 24.2. The molecule has 5 atom stereocenters. The van der Waals surface area contributed by atoms with Gasteiger partial charge in [-0.3, -0.25) is 9.69 Å². The van der Waals surface area contributed by atoms with Gasteiger partial charge in [0.05, 0.1) is 5.56 Å². The summed E-state index contributed by atoms with van der Waals surface area (Å²) in [6.45, 7) is 0.831. The van der Waals surface area contributed by atoms with Crippen LogP contribution >= 0.6 is 23.2 Å². The molecule has 4 aliphatic rings. The fraction of sp³-hybridized carbons (Fsp3) is 0.333. The summed E-state index contributed by atoms with van der Waals surface area (Å²) in [5.41, 5.74) is 3.06. The summed E-state index contributed by atoms with van der Waals surface area (Å²) < 4.78 is 0. The predicted molar refractivity (Wildman–Crippen MR) is 147 cm³/mol. The molecule has 3 aromatic rings. The Morgan fingerprint density at radius 1 is 1.00 bits per heavy atom. The molecule has 3 fully saturated rings. The Kier molecular flexibility index (Phi) is 5.61. The van der Waals surface area contributed by atoms with Crippen LogP contribution in [0.25, 0.3) is 0 Å². The van der Waals surface area contributed by atoms with Gasteiger partial charge in [-0.15, -0.1) is 0 Å². The molecule has 194 valence electrons. The number of rotatable bonds is 5. The van der Waals surface area contributed by atoms with Gasteiger partial charge in [0.25, 0.3) is 0 Å². The van der Waals surface area contributed by atoms with Crippen LogP contribution in [0, 0.1) is 5.92 Å². The molecular formula is C30H27Cl2N3O3. The van der Waals surface area contributed by atoms with Gasteiger partial charge >= 0.3 is 5.97 Å². The first-order valence-corrected chi connectivity index (χ1v) is 13.8. The largest absolute Gasteiger partial charge is 0.478 e. The third kappa shape index (κ3) is 3.62. The summed E-state index contributed by atoms with van der Waals surface area (Å²) in [6, 6.07) is 20.7. The van der Waals surface area contributed by atoms with E-state index in [0.29, 0.717) is 16.0 Å². The Labute approximate surface area is 230 Å². The maximum atomic E-state index is 14.2. The average Bonchev–Trinajstić information content (AvgIpc) is 3.46. The minimum atomic E-state index is -0.936. The van der Waals surface area contributed by atoms with E-state index >= 15 is 0 Å². The Hall–Kier alpha value is -2.90. The number of hydrogen-bond donors (Lipinski definition) is 3. The number of carbonyl (C=O) groups is 2. The first-order chi connectivity index (χ1) is 18.4. The topological polar surface area (TPSA) is 81.7 Å². The smallest absolute Gasteiger partial charge is 0.335 e. The molecule has 1 spiro atoms. The number of amides is 1. The number of nitrogens with one attached hydrogen (secondary N) is 2. The lowest BCUT2D eigenvalue weighted by Gasteiger charge is -2.41. The van der Waals surface area contributed by atoms with Gasteiger partial charge in [0.2, 0.25) is 5.91 Å². The molecule has 8 heteroatoms. The lowest BCUT2D eigenvalue weighted by atomic mass is 9.74. The van der Waals surface area contributed by atoms with Crippen LogP contribution in [-0.4, -0.2) is 40.5 Å². The van der Waals surface area contributed by atoms with Crippen molar-refractivity contribution in [2.45, 2.75) is 48.8 Å². The van der Waals surface area contributed by atoms with Crippen molar-refractivity contribution in [2.75, 3.05) is 11.9 Å². The van der Waals surface area contributed by atoms with Gasteiger partial charge in [-0.05, 0) is 72.7 Å². The van der Waals surface area contributed by atoms with Crippen molar-refractivity contribution in [3.05, 3.63) is 99.0 Å². The van der Waals surface area contributed by atoms with Crippen LogP contribution in [-0.2, 0) is 10.3 Å². The highest BCUT2D eigenvalue weighted by molar-refractivity contribution is 6.31. The van der Waals surface area contributed by atoms with Crippen molar-refractivity contribution in [2.24, 2.45) is 5.92 Å². The van der Waals surface area contributed by atoms with Crippen LogP contribution in [0.2, 0.25) is 10.0 Å². The highest BCUT2D eigenvalue weighted by Crippen LogP contribution is 2.60. The quantitative estimate of drug-likeness (QED) is 0.375. The monoisotopic (exact) mass is 547 g/mol. The fourth-order valence-electron chi connectivity index (χ4n) is 7.15. The minimum absolute atomic E-state index is 0.0268. The second-order valence-electron chi connectivity index (χ2n) is 11.0. The second kappa shape index (κ2) is 8.82. The summed E-state index contributed by atoms with van der Waals surface area (Å²) in [4.78, 5) is 28.3. The molecule has 3 aromatic carbocycles. The predicted octanol–water partition coefficient (Wildman–Crippen LogP) is 5.82. The summed E-state index contributed by atoms with van der Waals surface area (Å²) >= 11 is 12.9. The van der Waals surface area contributed by atoms with E-state index in [0.717, 1.165) is 35.3 Å². The minimum Gasteiger partial charge on any atom is -0.478 e. The van der Waals surface area contributed by atoms with Crippen molar-refractivity contribution in [1.82, 2.24) is 10.2 Å². The van der Waals surface area contributed by atoms with Crippen LogP contribution in [0.5, 0.6) is 0 Å². The number of carbonyl (C=O) groups excluding carboxylic acids is 1. The van der Waals surface area contributed by atoms with Crippen molar-refractivity contribution in [1.29, 1.82) is 0 Å². The van der Waals surface area contributed by atoms with Gasteiger partial charge in [-0.25, -0.2) is 4.79 Å². The van der Waals surface area contributed by atoms with Crippen molar-refractivity contribution in [3.8, 4) is 0 Å². The number of nitrogens with zero attached hydrogens (tertiary/aromatic N) is 1. The Morgan fingerprint density at radius 3 is 2.53 bits per heavy atom. The Morgan fingerprint density at radius 2 is 1.76 bits per heavy atom. The molecule has 6 nitrogen and oxygen atoms in total. The molecule has 0 aromatic heterocycles. The molecule has 1 saturated carbocycles. The zero-order valence-corrected chi connectivity index (χ0v) is 22.0. The Bertz CT molecular complexity index is 1470. The molecule has 2 saturated heterocycles. The molecular weight excluding hydrogens is 521 g/mol. The van der Waals surface area contributed by atoms with Gasteiger partial charge < -0.3 is 15.7 Å². The summed E-state index contributed by atoms with van der Waals surface area (Å²) in [5.74, 6) is -0.612. The summed E-state index contributed by atoms with van der Waals surface area (Å²) in [5, 5.41) is 17.8. The number of anilines is 1. The number of carboxylic acid groups (broad SMARTS) is 1. The highest BCUT2D eigenvalue weighted by Gasteiger charge is 2.68. The number of carboxylic acids is 1. The van der Waals surface area contributed by atoms with E-state index in [1.807, 2.05) is 42.5 Å². The van der Waals surface area contributed by atoms with Crippen LogP contribution in [0.1, 0.15) is 58.3 Å². The summed E-state index contributed by atoms with van der Waals surface area (Å²) in [7, 11) is 0. The molecule has 7 rings (SSSR count). The number of aromatic carboxylic acids is 1. The third-order valence-electron chi connectivity index (χ3n) is 8.83. The second-order valence-corrected chi connectivity index (χ2v) is 11.9. The van der Waals surface area contributed by atoms with Crippen molar-refractivity contribution >= 4 is 40.8 Å². The zero-order valence-electron chi connectivity index (χ0n) is 20.5. The average molecular weight is 548 g/mol. The van der Waals surface area contributed by atoms with E-state index in [9.17, 15) is 14.7 Å². The van der Waals surface area contributed by atoms with Gasteiger partial charge in [0.15, 0.2) is 0 Å². The van der Waals surface area contributed by atoms with Gasteiger partial charge in [0.1, 0.15) is 5.54 Å². The fourth-order valence-corrected chi connectivity index (χ4v) is 7.52. The van der Waals surface area contributed by atoms with Gasteiger partial charge in [0, 0.05) is 51.9 Å². The molecule has 0 unspecified atom stereocenters. The van der Waals surface area contributed by atoms with E-state index in [1.54, 1.807) is 18.2 Å².